The minimum atomic E-state index is -0.182. The molecular weight excluding hydrogens is 392 g/mol. The van der Waals surface area contributed by atoms with E-state index in [1.807, 2.05) is 31.2 Å². The summed E-state index contributed by atoms with van der Waals surface area (Å²) in [6, 6.07) is 19.4. The maximum Gasteiger partial charge on any atom is 0.251 e. The summed E-state index contributed by atoms with van der Waals surface area (Å²) in [5.41, 5.74) is 2.77. The maximum absolute atomic E-state index is 12.8. The lowest BCUT2D eigenvalue weighted by atomic mass is 10.0. The zero-order valence-corrected chi connectivity index (χ0v) is 17.1. The van der Waals surface area contributed by atoms with E-state index < -0.39 is 0 Å². The topological polar surface area (TPSA) is 81.7 Å². The first kappa shape index (κ1) is 18.9. The second-order valence-electron chi connectivity index (χ2n) is 7.20. The Morgan fingerprint density at radius 3 is 2.81 bits per heavy atom. The fourth-order valence-electron chi connectivity index (χ4n) is 3.66. The fraction of sp³-hybridized carbons (Fsp3) is 0.125. The zero-order valence-electron chi connectivity index (χ0n) is 17.1. The minimum absolute atomic E-state index is 0.182. The lowest BCUT2D eigenvalue weighted by Crippen LogP contribution is -2.23. The Morgan fingerprint density at radius 2 is 1.97 bits per heavy atom. The first-order chi connectivity index (χ1) is 15.1. The van der Waals surface area contributed by atoms with Crippen LogP contribution in [0, 0.1) is 6.92 Å². The number of carbonyl (C=O) groups excluding carboxylic acids is 1. The van der Waals surface area contributed by atoms with E-state index in [1.165, 1.54) is 0 Å². The van der Waals surface area contributed by atoms with Gasteiger partial charge in [-0.2, -0.15) is 4.52 Å². The van der Waals surface area contributed by atoms with E-state index in [0.29, 0.717) is 35.0 Å². The summed E-state index contributed by atoms with van der Waals surface area (Å²) in [5.74, 6) is 1.46. The van der Waals surface area contributed by atoms with Crippen LogP contribution in [0.25, 0.3) is 27.9 Å². The molecule has 0 radical (unpaired) electrons. The molecule has 31 heavy (non-hydrogen) atoms. The summed E-state index contributed by atoms with van der Waals surface area (Å²) in [6.07, 6.45) is 1.62. The Kier molecular flexibility index (Phi) is 4.63. The van der Waals surface area contributed by atoms with Gasteiger partial charge in [0.15, 0.2) is 0 Å². The highest BCUT2D eigenvalue weighted by molar-refractivity contribution is 5.95. The lowest BCUT2D eigenvalue weighted by molar-refractivity contribution is 0.0950. The number of imidazole rings is 1. The monoisotopic (exact) mass is 412 g/mol. The van der Waals surface area contributed by atoms with Crippen LogP contribution < -0.4 is 10.1 Å². The van der Waals surface area contributed by atoms with Gasteiger partial charge in [-0.05, 0) is 41.5 Å². The predicted molar refractivity (Wildman–Crippen MR) is 117 cm³/mol. The van der Waals surface area contributed by atoms with Crippen LogP contribution in [0.2, 0.25) is 0 Å². The molecule has 7 heteroatoms. The number of hydrogen-bond acceptors (Lipinski definition) is 5. The fourth-order valence-corrected chi connectivity index (χ4v) is 3.66. The number of methoxy groups -OCH3 is 1. The number of nitrogens with one attached hydrogen (secondary N) is 1. The van der Waals surface area contributed by atoms with Crippen LogP contribution in [0.4, 0.5) is 0 Å². The molecule has 0 spiro atoms. The van der Waals surface area contributed by atoms with Gasteiger partial charge in [0.2, 0.25) is 11.6 Å². The molecule has 1 N–H and O–H groups in total. The molecule has 0 aliphatic heterocycles. The van der Waals surface area contributed by atoms with E-state index in [0.717, 1.165) is 22.2 Å². The van der Waals surface area contributed by atoms with Gasteiger partial charge in [-0.1, -0.05) is 42.5 Å². The highest BCUT2D eigenvalue weighted by Gasteiger charge is 2.17. The summed E-state index contributed by atoms with van der Waals surface area (Å²) < 4.78 is 12.9. The Hall–Kier alpha value is -4.13. The van der Waals surface area contributed by atoms with Gasteiger partial charge < -0.3 is 14.5 Å². The third kappa shape index (κ3) is 3.40. The average Bonchev–Trinajstić information content (AvgIpc) is 3.38. The molecule has 5 aromatic rings. The van der Waals surface area contributed by atoms with E-state index in [2.05, 4.69) is 33.6 Å². The Labute approximate surface area is 178 Å². The Bertz CT molecular complexity index is 1410. The van der Waals surface area contributed by atoms with Gasteiger partial charge in [0.05, 0.1) is 18.9 Å². The van der Waals surface area contributed by atoms with Gasteiger partial charge in [0, 0.05) is 12.1 Å². The summed E-state index contributed by atoms with van der Waals surface area (Å²) in [6.45, 7) is 2.28. The Balaban J connectivity index is 1.39. The van der Waals surface area contributed by atoms with Crippen LogP contribution in [0.3, 0.4) is 0 Å². The molecule has 0 fully saturated rings. The quantitative estimate of drug-likeness (QED) is 0.463. The molecule has 7 nitrogen and oxygen atoms in total. The van der Waals surface area contributed by atoms with Crippen LogP contribution in [0.15, 0.2) is 71.3 Å². The van der Waals surface area contributed by atoms with E-state index in [-0.39, 0.29) is 5.91 Å². The largest absolute Gasteiger partial charge is 0.496 e. The molecule has 0 bridgehead atoms. The molecule has 0 atom stereocenters. The SMILES string of the molecule is COc1cc(C(=O)NCc2cccc3ccccc23)ccc1-c1nn2c(C)ncc2o1. The number of hydrogen-bond donors (Lipinski definition) is 1. The highest BCUT2D eigenvalue weighted by atomic mass is 16.5. The number of amides is 1. The van der Waals surface area contributed by atoms with Crippen molar-refractivity contribution in [2.24, 2.45) is 0 Å². The molecule has 3 aromatic carbocycles. The standard InChI is InChI=1S/C24H20N4O3/c1-15-25-14-22-28(15)27-24(31-22)20-11-10-17(12-21(20)30-2)23(29)26-13-18-8-5-7-16-6-3-4-9-19(16)18/h3-12,14H,13H2,1-2H3,(H,26,29). The van der Waals surface area contributed by atoms with Crippen molar-refractivity contribution in [2.45, 2.75) is 13.5 Å². The number of fused-ring (bicyclic) bond motifs is 2. The van der Waals surface area contributed by atoms with E-state index >= 15 is 0 Å². The smallest absolute Gasteiger partial charge is 0.251 e. The van der Waals surface area contributed by atoms with Crippen LogP contribution in [-0.4, -0.2) is 27.6 Å². The van der Waals surface area contributed by atoms with Crippen molar-refractivity contribution >= 4 is 22.4 Å². The van der Waals surface area contributed by atoms with Crippen molar-refractivity contribution in [1.29, 1.82) is 0 Å². The van der Waals surface area contributed by atoms with Crippen LogP contribution in [0.1, 0.15) is 21.7 Å². The molecule has 0 saturated heterocycles. The Morgan fingerprint density at radius 1 is 1.13 bits per heavy atom. The molecule has 1 amide bonds. The van der Waals surface area contributed by atoms with Gasteiger partial charge in [-0.25, -0.2) is 4.98 Å². The third-order valence-electron chi connectivity index (χ3n) is 5.28. The second-order valence-corrected chi connectivity index (χ2v) is 7.20. The van der Waals surface area contributed by atoms with Crippen LogP contribution in [-0.2, 0) is 6.54 Å². The second kappa shape index (κ2) is 7.60. The van der Waals surface area contributed by atoms with Gasteiger partial charge >= 0.3 is 0 Å². The van der Waals surface area contributed by atoms with Gasteiger partial charge in [-0.3, -0.25) is 4.79 Å². The first-order valence-corrected chi connectivity index (χ1v) is 9.88. The number of aryl methyl sites for hydroxylation is 1. The molecule has 5 rings (SSSR count). The maximum atomic E-state index is 12.8. The van der Waals surface area contributed by atoms with Crippen LogP contribution in [0.5, 0.6) is 5.75 Å². The van der Waals surface area contributed by atoms with Crippen LogP contribution >= 0.6 is 0 Å². The van der Waals surface area contributed by atoms with Crippen molar-refractivity contribution < 1.29 is 13.9 Å². The highest BCUT2D eigenvalue weighted by Crippen LogP contribution is 2.31. The molecule has 0 aliphatic carbocycles. The number of rotatable bonds is 5. The molecule has 2 aromatic heterocycles. The summed E-state index contributed by atoms with van der Waals surface area (Å²) in [4.78, 5) is 17.0. The number of carbonyl (C=O) groups is 1. The minimum Gasteiger partial charge on any atom is -0.496 e. The molecular formula is C24H20N4O3. The number of benzene rings is 3. The average molecular weight is 412 g/mol. The van der Waals surface area contributed by atoms with Gasteiger partial charge in [0.25, 0.3) is 5.91 Å². The number of nitrogens with zero attached hydrogens (tertiary/aromatic N) is 3. The summed E-state index contributed by atoms with van der Waals surface area (Å²) >= 11 is 0. The van der Waals surface area contributed by atoms with E-state index in [4.69, 9.17) is 9.15 Å². The molecule has 0 unspecified atom stereocenters. The first-order valence-electron chi connectivity index (χ1n) is 9.88. The predicted octanol–water partition coefficient (Wildman–Crippen LogP) is 4.39. The zero-order chi connectivity index (χ0) is 21.4. The molecule has 0 aliphatic rings. The van der Waals surface area contributed by atoms with Gasteiger partial charge in [-0.15, -0.1) is 5.10 Å². The van der Waals surface area contributed by atoms with Gasteiger partial charge in [0.1, 0.15) is 11.6 Å². The number of aromatic nitrogens is 3. The van der Waals surface area contributed by atoms with Crippen molar-refractivity contribution in [2.75, 3.05) is 7.11 Å². The molecule has 2 heterocycles. The van der Waals surface area contributed by atoms with E-state index in [1.54, 1.807) is 36.0 Å². The van der Waals surface area contributed by atoms with Crippen molar-refractivity contribution in [3.63, 3.8) is 0 Å². The van der Waals surface area contributed by atoms with E-state index in [9.17, 15) is 4.79 Å². The number of ether oxygens (including phenoxy) is 1. The molecule has 154 valence electrons. The molecule has 0 saturated carbocycles. The third-order valence-corrected chi connectivity index (χ3v) is 5.28. The normalized spacial score (nSPS) is 11.2. The van der Waals surface area contributed by atoms with Crippen molar-refractivity contribution in [3.05, 3.63) is 83.8 Å². The van der Waals surface area contributed by atoms with Crippen molar-refractivity contribution in [1.82, 2.24) is 19.9 Å². The van der Waals surface area contributed by atoms with Crippen molar-refractivity contribution in [3.8, 4) is 17.2 Å². The summed E-state index contributed by atoms with van der Waals surface area (Å²) in [5, 5.41) is 9.71. The lowest BCUT2D eigenvalue weighted by Gasteiger charge is -2.10. The summed E-state index contributed by atoms with van der Waals surface area (Å²) in [7, 11) is 1.55.